The van der Waals surface area contributed by atoms with Gasteiger partial charge in [-0.25, -0.2) is 9.97 Å². The smallest absolute Gasteiger partial charge is 0.133 e. The highest BCUT2D eigenvalue weighted by Gasteiger charge is 2.35. The van der Waals surface area contributed by atoms with E-state index in [-0.39, 0.29) is 5.41 Å². The van der Waals surface area contributed by atoms with Crippen molar-refractivity contribution >= 4 is 0 Å². The first kappa shape index (κ1) is 11.5. The normalized spacial score (nSPS) is 26.0. The summed E-state index contributed by atoms with van der Waals surface area (Å²) in [5.41, 5.74) is -0.206. The van der Waals surface area contributed by atoms with Crippen molar-refractivity contribution in [3.05, 3.63) is 23.8 Å². The van der Waals surface area contributed by atoms with Gasteiger partial charge < -0.3 is 9.84 Å². The summed E-state index contributed by atoms with van der Waals surface area (Å²) < 4.78 is 5.21. The molecule has 2 rings (SSSR count). The van der Waals surface area contributed by atoms with Crippen LogP contribution in [0.25, 0.3) is 0 Å². The highest BCUT2D eigenvalue weighted by Crippen LogP contribution is 2.29. The van der Waals surface area contributed by atoms with E-state index in [0.29, 0.717) is 19.6 Å². The van der Waals surface area contributed by atoms with E-state index in [1.165, 1.54) is 0 Å². The minimum absolute atomic E-state index is 0.0622. The third-order valence-electron chi connectivity index (χ3n) is 2.86. The van der Waals surface area contributed by atoms with Gasteiger partial charge in [-0.1, -0.05) is 20.8 Å². The van der Waals surface area contributed by atoms with Crippen molar-refractivity contribution < 1.29 is 9.84 Å². The molecule has 0 spiro atoms. The molecule has 0 aliphatic carbocycles. The van der Waals surface area contributed by atoms with Gasteiger partial charge in [-0.05, 0) is 0 Å². The molecule has 88 valence electrons. The highest BCUT2D eigenvalue weighted by molar-refractivity contribution is 5.18. The monoisotopic (exact) mass is 222 g/mol. The van der Waals surface area contributed by atoms with Gasteiger partial charge in [0.25, 0.3) is 0 Å². The lowest BCUT2D eigenvalue weighted by Gasteiger charge is -2.22. The lowest BCUT2D eigenvalue weighted by Crippen LogP contribution is -2.27. The molecule has 0 aromatic carbocycles. The van der Waals surface area contributed by atoms with Crippen LogP contribution < -0.4 is 0 Å². The third-order valence-corrected chi connectivity index (χ3v) is 2.86. The third kappa shape index (κ3) is 2.08. The van der Waals surface area contributed by atoms with E-state index < -0.39 is 5.60 Å². The van der Waals surface area contributed by atoms with Crippen molar-refractivity contribution in [1.29, 1.82) is 0 Å². The van der Waals surface area contributed by atoms with Crippen LogP contribution >= 0.6 is 0 Å². The molecule has 4 nitrogen and oxygen atoms in total. The Labute approximate surface area is 95.7 Å². The molecule has 1 fully saturated rings. The molecule has 0 radical (unpaired) electrons. The van der Waals surface area contributed by atoms with Crippen molar-refractivity contribution in [3.63, 3.8) is 0 Å². The van der Waals surface area contributed by atoms with E-state index in [2.05, 4.69) is 30.7 Å². The fourth-order valence-corrected chi connectivity index (χ4v) is 1.74. The fourth-order valence-electron chi connectivity index (χ4n) is 1.74. The quantitative estimate of drug-likeness (QED) is 0.780. The molecule has 4 heteroatoms. The number of aromatic nitrogens is 2. The van der Waals surface area contributed by atoms with E-state index in [1.54, 1.807) is 12.4 Å². The Hall–Kier alpha value is -1.00. The summed E-state index contributed by atoms with van der Waals surface area (Å²) in [6.45, 7) is 7.13. The van der Waals surface area contributed by atoms with E-state index in [1.807, 2.05) is 0 Å². The van der Waals surface area contributed by atoms with Crippen LogP contribution in [0.5, 0.6) is 0 Å². The Morgan fingerprint density at radius 1 is 1.31 bits per heavy atom. The molecule has 1 unspecified atom stereocenters. The highest BCUT2D eigenvalue weighted by atomic mass is 16.5. The van der Waals surface area contributed by atoms with Gasteiger partial charge in [0.15, 0.2) is 0 Å². The Balaban J connectivity index is 2.26. The second kappa shape index (κ2) is 3.79. The van der Waals surface area contributed by atoms with Crippen LogP contribution in [0.15, 0.2) is 12.4 Å². The number of aliphatic hydroxyl groups is 1. The lowest BCUT2D eigenvalue weighted by atomic mass is 9.93. The molecule has 2 heterocycles. The summed E-state index contributed by atoms with van der Waals surface area (Å²) in [6.07, 6.45) is 4.04. The van der Waals surface area contributed by atoms with Crippen LogP contribution in [0.2, 0.25) is 0 Å². The van der Waals surface area contributed by atoms with Gasteiger partial charge in [0.2, 0.25) is 0 Å². The number of nitrogens with zero attached hydrogens (tertiary/aromatic N) is 2. The molecule has 0 amide bonds. The van der Waals surface area contributed by atoms with Crippen LogP contribution in [-0.2, 0) is 15.8 Å². The molecule has 1 aliphatic heterocycles. The number of hydrogen-bond acceptors (Lipinski definition) is 4. The maximum atomic E-state index is 10.3. The molecule has 0 saturated carbocycles. The first-order valence-corrected chi connectivity index (χ1v) is 5.55. The minimum atomic E-state index is -0.892. The second-order valence-electron chi connectivity index (χ2n) is 5.38. The van der Waals surface area contributed by atoms with Gasteiger partial charge in [0.05, 0.1) is 6.61 Å². The average molecular weight is 222 g/mol. The SMILES string of the molecule is CC(C)(C)c1ncc(C2(O)CCOC2)cn1. The van der Waals surface area contributed by atoms with Crippen LogP contribution in [0.4, 0.5) is 0 Å². The Morgan fingerprint density at radius 2 is 1.94 bits per heavy atom. The molecule has 1 aromatic rings. The molecular weight excluding hydrogens is 204 g/mol. The lowest BCUT2D eigenvalue weighted by molar-refractivity contribution is 0.0225. The predicted molar refractivity (Wildman–Crippen MR) is 60.1 cm³/mol. The zero-order chi connectivity index (χ0) is 11.8. The summed E-state index contributed by atoms with van der Waals surface area (Å²) in [4.78, 5) is 8.63. The summed E-state index contributed by atoms with van der Waals surface area (Å²) in [5.74, 6) is 0.791. The van der Waals surface area contributed by atoms with Crippen molar-refractivity contribution in [2.24, 2.45) is 0 Å². The van der Waals surface area contributed by atoms with Gasteiger partial charge in [0.1, 0.15) is 11.4 Å². The number of ether oxygens (including phenoxy) is 1. The summed E-state index contributed by atoms with van der Waals surface area (Å²) >= 11 is 0. The molecule has 1 N–H and O–H groups in total. The Bertz CT molecular complexity index is 362. The van der Waals surface area contributed by atoms with Gasteiger partial charge in [0, 0.05) is 36.4 Å². The molecule has 1 aliphatic rings. The zero-order valence-corrected chi connectivity index (χ0v) is 10.0. The Kier molecular flexibility index (Phi) is 2.72. The van der Waals surface area contributed by atoms with E-state index in [0.717, 1.165) is 11.4 Å². The van der Waals surface area contributed by atoms with Crippen LogP contribution in [0.3, 0.4) is 0 Å². The van der Waals surface area contributed by atoms with Crippen molar-refractivity contribution in [1.82, 2.24) is 9.97 Å². The van der Waals surface area contributed by atoms with Crippen molar-refractivity contribution in [2.75, 3.05) is 13.2 Å². The van der Waals surface area contributed by atoms with Gasteiger partial charge in [-0.15, -0.1) is 0 Å². The molecule has 16 heavy (non-hydrogen) atoms. The average Bonchev–Trinajstić information content (AvgIpc) is 2.66. The van der Waals surface area contributed by atoms with Crippen LogP contribution in [-0.4, -0.2) is 28.3 Å². The summed E-state index contributed by atoms with van der Waals surface area (Å²) in [6, 6.07) is 0. The van der Waals surface area contributed by atoms with Crippen LogP contribution in [0, 0.1) is 0 Å². The van der Waals surface area contributed by atoms with Crippen molar-refractivity contribution in [3.8, 4) is 0 Å². The maximum absolute atomic E-state index is 10.3. The van der Waals surface area contributed by atoms with Crippen molar-refractivity contribution in [2.45, 2.75) is 38.2 Å². The standard InChI is InChI=1S/C12H18N2O2/c1-11(2,3)10-13-6-9(7-14-10)12(15)4-5-16-8-12/h6-7,15H,4-5,8H2,1-3H3. The summed E-state index contributed by atoms with van der Waals surface area (Å²) in [7, 11) is 0. The molecule has 0 bridgehead atoms. The van der Waals surface area contributed by atoms with E-state index in [4.69, 9.17) is 4.74 Å². The van der Waals surface area contributed by atoms with Gasteiger partial charge in [-0.3, -0.25) is 0 Å². The number of hydrogen-bond donors (Lipinski definition) is 1. The molecule has 1 aromatic heterocycles. The molecule has 1 saturated heterocycles. The Morgan fingerprint density at radius 3 is 2.38 bits per heavy atom. The minimum Gasteiger partial charge on any atom is -0.383 e. The van der Waals surface area contributed by atoms with E-state index >= 15 is 0 Å². The molecule has 1 atom stereocenters. The van der Waals surface area contributed by atoms with E-state index in [9.17, 15) is 5.11 Å². The van der Waals surface area contributed by atoms with Crippen LogP contribution in [0.1, 0.15) is 38.6 Å². The second-order valence-corrected chi connectivity index (χ2v) is 5.38. The predicted octanol–water partition coefficient (Wildman–Crippen LogP) is 1.38. The topological polar surface area (TPSA) is 55.2 Å². The van der Waals surface area contributed by atoms with Gasteiger partial charge >= 0.3 is 0 Å². The molecular formula is C12H18N2O2. The first-order chi connectivity index (χ1) is 7.42. The number of rotatable bonds is 1. The van der Waals surface area contributed by atoms with Gasteiger partial charge in [-0.2, -0.15) is 0 Å². The maximum Gasteiger partial charge on any atom is 0.133 e. The largest absolute Gasteiger partial charge is 0.383 e. The fraction of sp³-hybridized carbons (Fsp3) is 0.667. The zero-order valence-electron chi connectivity index (χ0n) is 10.0. The summed E-state index contributed by atoms with van der Waals surface area (Å²) in [5, 5.41) is 10.3. The first-order valence-electron chi connectivity index (χ1n) is 5.55.